The molecule has 0 bridgehead atoms. The highest BCUT2D eigenvalue weighted by Gasteiger charge is 2.32. The van der Waals surface area contributed by atoms with Gasteiger partial charge in [-0.25, -0.2) is 4.99 Å². The largest absolute Gasteiger partial charge is 0.378 e. The zero-order valence-electron chi connectivity index (χ0n) is 18.3. The fourth-order valence-electron chi connectivity index (χ4n) is 3.92. The number of morpholine rings is 1. The average molecular weight is 443 g/mol. The molecule has 7 nitrogen and oxygen atoms in total. The Morgan fingerprint density at radius 3 is 2.32 bits per heavy atom. The van der Waals surface area contributed by atoms with Gasteiger partial charge in [-0.3, -0.25) is 4.90 Å². The fourth-order valence-corrected chi connectivity index (χ4v) is 3.92. The van der Waals surface area contributed by atoms with Crippen LogP contribution >= 0.6 is 12.4 Å². The second kappa shape index (κ2) is 10.0. The number of hydrogen-bond donors (Lipinski definition) is 2. The van der Waals surface area contributed by atoms with Gasteiger partial charge in [0.05, 0.1) is 13.2 Å². The molecule has 0 saturated carbocycles. The maximum Gasteiger partial charge on any atom is 0.222 e. The summed E-state index contributed by atoms with van der Waals surface area (Å²) in [4.78, 5) is 13.6. The predicted molar refractivity (Wildman–Crippen MR) is 130 cm³/mol. The SMILES string of the molecule is CCc1ccc(N2C(N3CCOCC3)=NC(N)=NC2Nc2cc(C)cc(C)c2)cc1.Cl. The standard InChI is InChI=1S/C23H30N6O.ClH/c1-4-18-5-7-20(8-6-18)29-22(25-19-14-16(2)13-17(3)15-19)26-21(24)27-23(29)28-9-11-30-12-10-28;/h5-8,13-15,22,25H,4,9-12H2,1-3H3,(H2,24,26);1H. The van der Waals surface area contributed by atoms with E-state index < -0.39 is 6.29 Å². The monoisotopic (exact) mass is 442 g/mol. The van der Waals surface area contributed by atoms with Crippen molar-refractivity contribution in [3.8, 4) is 0 Å². The summed E-state index contributed by atoms with van der Waals surface area (Å²) >= 11 is 0. The molecule has 2 aliphatic rings. The molecule has 8 heteroatoms. The maximum absolute atomic E-state index is 6.16. The summed E-state index contributed by atoms with van der Waals surface area (Å²) in [6.45, 7) is 9.24. The van der Waals surface area contributed by atoms with Crippen molar-refractivity contribution in [2.75, 3.05) is 36.5 Å². The van der Waals surface area contributed by atoms with Crippen LogP contribution in [0.3, 0.4) is 0 Å². The quantitative estimate of drug-likeness (QED) is 0.757. The van der Waals surface area contributed by atoms with Gasteiger partial charge in [0, 0.05) is 24.5 Å². The van der Waals surface area contributed by atoms with Gasteiger partial charge >= 0.3 is 0 Å². The van der Waals surface area contributed by atoms with Gasteiger partial charge in [-0.1, -0.05) is 25.1 Å². The van der Waals surface area contributed by atoms with Gasteiger partial charge in [-0.15, -0.1) is 12.4 Å². The molecule has 1 saturated heterocycles. The average Bonchev–Trinajstić information content (AvgIpc) is 2.73. The van der Waals surface area contributed by atoms with Crippen molar-refractivity contribution in [1.82, 2.24) is 4.90 Å². The van der Waals surface area contributed by atoms with Gasteiger partial charge in [0.1, 0.15) is 0 Å². The van der Waals surface area contributed by atoms with Crippen LogP contribution in [0.25, 0.3) is 0 Å². The lowest BCUT2D eigenvalue weighted by Gasteiger charge is -2.41. The van der Waals surface area contributed by atoms with Gasteiger partial charge in [0.15, 0.2) is 0 Å². The molecule has 1 fully saturated rings. The van der Waals surface area contributed by atoms with Crippen LogP contribution in [0.4, 0.5) is 11.4 Å². The Kier molecular flexibility index (Phi) is 7.41. The van der Waals surface area contributed by atoms with Gasteiger partial charge in [-0.05, 0) is 61.2 Å². The number of benzene rings is 2. The molecular formula is C23H31ClN6O. The number of hydrogen-bond acceptors (Lipinski definition) is 7. The lowest BCUT2D eigenvalue weighted by Crippen LogP contribution is -2.57. The molecule has 0 spiro atoms. The van der Waals surface area contributed by atoms with E-state index in [0.29, 0.717) is 13.2 Å². The lowest BCUT2D eigenvalue weighted by atomic mass is 10.1. The zero-order chi connectivity index (χ0) is 21.1. The summed E-state index contributed by atoms with van der Waals surface area (Å²) in [7, 11) is 0. The smallest absolute Gasteiger partial charge is 0.222 e. The van der Waals surface area contributed by atoms with Crippen LogP contribution < -0.4 is 16.0 Å². The number of nitrogens with two attached hydrogens (primary N) is 1. The van der Waals surface area contributed by atoms with Crippen LogP contribution in [-0.2, 0) is 11.2 Å². The molecule has 31 heavy (non-hydrogen) atoms. The Bertz CT molecular complexity index is 933. The van der Waals surface area contributed by atoms with E-state index in [0.717, 1.165) is 36.8 Å². The number of aliphatic imine (C=N–C) groups is 2. The molecule has 2 heterocycles. The van der Waals surface area contributed by atoms with Crippen molar-refractivity contribution in [3.05, 3.63) is 59.2 Å². The number of anilines is 2. The van der Waals surface area contributed by atoms with Crippen LogP contribution in [-0.4, -0.2) is 49.4 Å². The van der Waals surface area contributed by atoms with Crippen LogP contribution in [0.1, 0.15) is 23.6 Å². The summed E-state index contributed by atoms with van der Waals surface area (Å²) in [5.74, 6) is 1.08. The van der Waals surface area contributed by atoms with E-state index in [9.17, 15) is 0 Å². The fraction of sp³-hybridized carbons (Fsp3) is 0.391. The van der Waals surface area contributed by atoms with E-state index in [1.807, 2.05) is 0 Å². The minimum absolute atomic E-state index is 0. The van der Waals surface area contributed by atoms with Crippen molar-refractivity contribution in [3.63, 3.8) is 0 Å². The Hall–Kier alpha value is -2.77. The Morgan fingerprint density at radius 2 is 1.71 bits per heavy atom. The van der Waals surface area contributed by atoms with Gasteiger partial charge < -0.3 is 20.7 Å². The van der Waals surface area contributed by atoms with Crippen molar-refractivity contribution in [1.29, 1.82) is 0 Å². The molecule has 0 radical (unpaired) electrons. The number of nitrogens with zero attached hydrogens (tertiary/aromatic N) is 4. The zero-order valence-corrected chi connectivity index (χ0v) is 19.2. The van der Waals surface area contributed by atoms with Crippen molar-refractivity contribution in [2.24, 2.45) is 15.7 Å². The number of ether oxygens (including phenoxy) is 1. The van der Waals surface area contributed by atoms with E-state index in [1.54, 1.807) is 0 Å². The highest BCUT2D eigenvalue weighted by molar-refractivity contribution is 6.06. The summed E-state index contributed by atoms with van der Waals surface area (Å²) in [5.41, 5.74) is 11.9. The van der Waals surface area contributed by atoms with Crippen LogP contribution in [0.15, 0.2) is 52.4 Å². The number of aryl methyl sites for hydroxylation is 3. The first-order chi connectivity index (χ1) is 14.5. The topological polar surface area (TPSA) is 78.5 Å². The molecule has 2 aliphatic heterocycles. The summed E-state index contributed by atoms with van der Waals surface area (Å²) in [6, 6.07) is 15.0. The summed E-state index contributed by atoms with van der Waals surface area (Å²) in [6.07, 6.45) is 0.606. The number of halogens is 1. The molecule has 0 aromatic heterocycles. The summed E-state index contributed by atoms with van der Waals surface area (Å²) < 4.78 is 5.55. The third-order valence-corrected chi connectivity index (χ3v) is 5.36. The van der Waals surface area contributed by atoms with Crippen molar-refractivity contribution >= 4 is 35.7 Å². The molecule has 4 rings (SSSR count). The first kappa shape index (κ1) is 22.9. The Labute approximate surface area is 190 Å². The van der Waals surface area contributed by atoms with E-state index in [2.05, 4.69) is 88.3 Å². The second-order valence-electron chi connectivity index (χ2n) is 7.78. The summed E-state index contributed by atoms with van der Waals surface area (Å²) in [5, 5.41) is 3.56. The van der Waals surface area contributed by atoms with Crippen LogP contribution in [0.2, 0.25) is 0 Å². The first-order valence-electron chi connectivity index (χ1n) is 10.5. The second-order valence-corrected chi connectivity index (χ2v) is 7.78. The molecule has 1 atom stereocenters. The predicted octanol–water partition coefficient (Wildman–Crippen LogP) is 3.51. The van der Waals surface area contributed by atoms with Gasteiger partial charge in [0.2, 0.25) is 18.2 Å². The number of rotatable bonds is 4. The number of nitrogens with one attached hydrogen (secondary N) is 1. The Balaban J connectivity index is 0.00000272. The highest BCUT2D eigenvalue weighted by atomic mass is 35.5. The molecule has 0 aliphatic carbocycles. The third-order valence-electron chi connectivity index (χ3n) is 5.36. The third kappa shape index (κ3) is 5.29. The molecule has 2 aromatic rings. The van der Waals surface area contributed by atoms with Crippen molar-refractivity contribution < 1.29 is 4.74 Å². The van der Waals surface area contributed by atoms with E-state index in [4.69, 9.17) is 10.5 Å². The maximum atomic E-state index is 6.16. The molecule has 3 N–H and O–H groups in total. The molecular weight excluding hydrogens is 412 g/mol. The first-order valence-corrected chi connectivity index (χ1v) is 10.5. The van der Waals surface area contributed by atoms with E-state index in [1.165, 1.54) is 16.7 Å². The van der Waals surface area contributed by atoms with E-state index in [-0.39, 0.29) is 18.4 Å². The minimum Gasteiger partial charge on any atom is -0.378 e. The molecule has 166 valence electrons. The molecule has 1 unspecified atom stereocenters. The van der Waals surface area contributed by atoms with Gasteiger partial charge in [-0.2, -0.15) is 4.99 Å². The molecule has 2 aromatic carbocycles. The highest BCUT2D eigenvalue weighted by Crippen LogP contribution is 2.26. The lowest BCUT2D eigenvalue weighted by molar-refractivity contribution is 0.0671. The Morgan fingerprint density at radius 1 is 1.06 bits per heavy atom. The van der Waals surface area contributed by atoms with Gasteiger partial charge in [0.25, 0.3) is 0 Å². The normalized spacial score (nSPS) is 18.7. The number of guanidine groups is 2. The van der Waals surface area contributed by atoms with E-state index >= 15 is 0 Å². The van der Waals surface area contributed by atoms with Crippen molar-refractivity contribution in [2.45, 2.75) is 33.5 Å². The minimum atomic E-state index is -0.394. The van der Waals surface area contributed by atoms with Crippen LogP contribution in [0.5, 0.6) is 0 Å². The van der Waals surface area contributed by atoms with Crippen LogP contribution in [0, 0.1) is 13.8 Å². The molecule has 0 amide bonds.